The SMILES string of the molecule is C[Si](C)(C)Oc1ccc(O[Si](C)(C)C)nn1. The Kier molecular flexibility index (Phi) is 3.74. The van der Waals surface area contributed by atoms with E-state index in [2.05, 4.69) is 49.5 Å². The molecule has 0 atom stereocenters. The molecule has 0 N–H and O–H groups in total. The summed E-state index contributed by atoms with van der Waals surface area (Å²) in [5, 5.41) is 8.02. The summed E-state index contributed by atoms with van der Waals surface area (Å²) in [6, 6.07) is 3.64. The number of aromatic nitrogens is 2. The molecule has 16 heavy (non-hydrogen) atoms. The molecule has 0 aliphatic rings. The zero-order valence-electron chi connectivity index (χ0n) is 10.9. The van der Waals surface area contributed by atoms with Gasteiger partial charge in [0.05, 0.1) is 0 Å². The molecular weight excluding hydrogens is 236 g/mol. The van der Waals surface area contributed by atoms with Crippen molar-refractivity contribution in [2.45, 2.75) is 39.3 Å². The fourth-order valence-electron chi connectivity index (χ4n) is 1.04. The van der Waals surface area contributed by atoms with E-state index in [0.717, 1.165) is 0 Å². The lowest BCUT2D eigenvalue weighted by Crippen LogP contribution is -2.31. The molecule has 0 fully saturated rings. The van der Waals surface area contributed by atoms with Gasteiger partial charge in [-0.25, -0.2) is 0 Å². The molecule has 1 aromatic rings. The lowest BCUT2D eigenvalue weighted by molar-refractivity contribution is 0.490. The van der Waals surface area contributed by atoms with Crippen molar-refractivity contribution in [1.29, 1.82) is 0 Å². The van der Waals surface area contributed by atoms with Crippen molar-refractivity contribution in [2.75, 3.05) is 0 Å². The van der Waals surface area contributed by atoms with Gasteiger partial charge in [-0.2, -0.15) is 0 Å². The average Bonchev–Trinajstić information content (AvgIpc) is 2.03. The number of nitrogens with zero attached hydrogens (tertiary/aromatic N) is 2. The van der Waals surface area contributed by atoms with Crippen LogP contribution >= 0.6 is 0 Å². The summed E-state index contributed by atoms with van der Waals surface area (Å²) in [5.41, 5.74) is 0. The van der Waals surface area contributed by atoms with Gasteiger partial charge in [0, 0.05) is 12.1 Å². The summed E-state index contributed by atoms with van der Waals surface area (Å²) >= 11 is 0. The van der Waals surface area contributed by atoms with Gasteiger partial charge in [-0.05, 0) is 39.3 Å². The van der Waals surface area contributed by atoms with E-state index < -0.39 is 16.6 Å². The Labute approximate surface area is 99.3 Å². The molecular formula is C10H20N2O2Si2. The third-order valence-electron chi connectivity index (χ3n) is 1.44. The fraction of sp³-hybridized carbons (Fsp3) is 0.600. The maximum Gasteiger partial charge on any atom is 0.244 e. The van der Waals surface area contributed by atoms with Crippen LogP contribution < -0.4 is 8.85 Å². The summed E-state index contributed by atoms with van der Waals surface area (Å²) in [6.45, 7) is 12.7. The van der Waals surface area contributed by atoms with Crippen molar-refractivity contribution in [3.8, 4) is 11.8 Å². The van der Waals surface area contributed by atoms with Gasteiger partial charge >= 0.3 is 0 Å². The van der Waals surface area contributed by atoms with Crippen molar-refractivity contribution < 1.29 is 8.85 Å². The lowest BCUT2D eigenvalue weighted by atomic mass is 10.5. The van der Waals surface area contributed by atoms with E-state index in [0.29, 0.717) is 11.8 Å². The van der Waals surface area contributed by atoms with Gasteiger partial charge in [0.1, 0.15) is 0 Å². The number of hydrogen-bond acceptors (Lipinski definition) is 4. The fourth-order valence-corrected chi connectivity index (χ4v) is 2.52. The zero-order valence-corrected chi connectivity index (χ0v) is 12.9. The summed E-state index contributed by atoms with van der Waals surface area (Å²) < 4.78 is 11.4. The molecule has 6 heteroatoms. The van der Waals surface area contributed by atoms with E-state index in [1.165, 1.54) is 0 Å². The largest absolute Gasteiger partial charge is 0.530 e. The van der Waals surface area contributed by atoms with Crippen LogP contribution in [-0.2, 0) is 0 Å². The van der Waals surface area contributed by atoms with Crippen LogP contribution in [0.4, 0.5) is 0 Å². The third-order valence-corrected chi connectivity index (χ3v) is 3.08. The van der Waals surface area contributed by atoms with E-state index in [-0.39, 0.29) is 0 Å². The van der Waals surface area contributed by atoms with Crippen molar-refractivity contribution in [1.82, 2.24) is 10.2 Å². The molecule has 0 saturated carbocycles. The molecule has 0 unspecified atom stereocenters. The van der Waals surface area contributed by atoms with Crippen LogP contribution in [0.5, 0.6) is 11.8 Å². The smallest absolute Gasteiger partial charge is 0.244 e. The maximum absolute atomic E-state index is 5.71. The molecule has 1 rings (SSSR count). The quantitative estimate of drug-likeness (QED) is 0.777. The Morgan fingerprint density at radius 3 is 1.25 bits per heavy atom. The molecule has 0 saturated heterocycles. The molecule has 0 aliphatic carbocycles. The molecule has 4 nitrogen and oxygen atoms in total. The molecule has 0 spiro atoms. The second-order valence-electron chi connectivity index (χ2n) is 5.64. The summed E-state index contributed by atoms with van der Waals surface area (Å²) in [6.07, 6.45) is 0. The van der Waals surface area contributed by atoms with Crippen molar-refractivity contribution in [3.63, 3.8) is 0 Å². The predicted octanol–water partition coefficient (Wildman–Crippen LogP) is 2.90. The zero-order chi connectivity index (χ0) is 12.4. The minimum absolute atomic E-state index is 0.585. The first-order valence-electron chi connectivity index (χ1n) is 5.37. The van der Waals surface area contributed by atoms with Gasteiger partial charge in [0.2, 0.25) is 28.4 Å². The summed E-state index contributed by atoms with van der Waals surface area (Å²) in [7, 11) is -3.19. The van der Waals surface area contributed by atoms with Gasteiger partial charge < -0.3 is 8.85 Å². The summed E-state index contributed by atoms with van der Waals surface area (Å²) in [4.78, 5) is 0. The first-order valence-corrected chi connectivity index (χ1v) is 12.2. The topological polar surface area (TPSA) is 44.2 Å². The van der Waals surface area contributed by atoms with E-state index in [1.807, 2.05) is 12.1 Å². The Morgan fingerprint density at radius 1 is 0.750 bits per heavy atom. The molecule has 0 aromatic carbocycles. The minimum atomic E-state index is -1.60. The monoisotopic (exact) mass is 256 g/mol. The van der Waals surface area contributed by atoms with Crippen LogP contribution in [0.3, 0.4) is 0 Å². The third kappa shape index (κ3) is 5.27. The highest BCUT2D eigenvalue weighted by Gasteiger charge is 2.19. The predicted molar refractivity (Wildman–Crippen MR) is 70.0 cm³/mol. The molecule has 0 bridgehead atoms. The van der Waals surface area contributed by atoms with Gasteiger partial charge in [-0.1, -0.05) is 0 Å². The van der Waals surface area contributed by atoms with E-state index >= 15 is 0 Å². The Bertz CT molecular complexity index is 306. The number of hydrogen-bond donors (Lipinski definition) is 0. The van der Waals surface area contributed by atoms with Gasteiger partial charge in [0.25, 0.3) is 0 Å². The molecule has 1 aromatic heterocycles. The van der Waals surface area contributed by atoms with Gasteiger partial charge in [-0.3, -0.25) is 0 Å². The maximum atomic E-state index is 5.71. The van der Waals surface area contributed by atoms with Crippen LogP contribution in [0.1, 0.15) is 0 Å². The van der Waals surface area contributed by atoms with E-state index in [9.17, 15) is 0 Å². The molecule has 0 radical (unpaired) electrons. The highest BCUT2D eigenvalue weighted by atomic mass is 28.4. The highest BCUT2D eigenvalue weighted by molar-refractivity contribution is 6.70. The first-order chi connectivity index (χ1) is 7.16. The average molecular weight is 256 g/mol. The van der Waals surface area contributed by atoms with Crippen LogP contribution in [0.2, 0.25) is 39.3 Å². The Balaban J connectivity index is 2.69. The van der Waals surface area contributed by atoms with Crippen LogP contribution in [-0.4, -0.2) is 26.8 Å². The van der Waals surface area contributed by atoms with Gasteiger partial charge in [-0.15, -0.1) is 10.2 Å². The second kappa shape index (κ2) is 4.54. The second-order valence-corrected chi connectivity index (χ2v) is 14.5. The molecule has 0 amide bonds. The van der Waals surface area contributed by atoms with Crippen molar-refractivity contribution in [3.05, 3.63) is 12.1 Å². The first kappa shape index (κ1) is 13.2. The van der Waals surface area contributed by atoms with Crippen LogP contribution in [0.15, 0.2) is 12.1 Å². The summed E-state index contributed by atoms with van der Waals surface area (Å²) in [5.74, 6) is 1.17. The van der Waals surface area contributed by atoms with Gasteiger partial charge in [0.15, 0.2) is 0 Å². The van der Waals surface area contributed by atoms with Crippen molar-refractivity contribution in [2.24, 2.45) is 0 Å². The van der Waals surface area contributed by atoms with Crippen molar-refractivity contribution >= 4 is 16.6 Å². The Morgan fingerprint density at radius 2 is 1.06 bits per heavy atom. The molecule has 0 aliphatic heterocycles. The van der Waals surface area contributed by atoms with E-state index in [1.54, 1.807) is 0 Å². The molecule has 1 heterocycles. The van der Waals surface area contributed by atoms with E-state index in [4.69, 9.17) is 8.85 Å². The standard InChI is InChI=1S/C10H20N2O2Si2/c1-15(2,3)13-9-7-8-10(12-11-9)14-16(4,5)6/h7-8H,1-6H3. The highest BCUT2D eigenvalue weighted by Crippen LogP contribution is 2.16. The lowest BCUT2D eigenvalue weighted by Gasteiger charge is -2.19. The van der Waals surface area contributed by atoms with Crippen LogP contribution in [0, 0.1) is 0 Å². The number of rotatable bonds is 4. The van der Waals surface area contributed by atoms with Crippen LogP contribution in [0.25, 0.3) is 0 Å². The minimum Gasteiger partial charge on any atom is -0.530 e. The Hall–Kier alpha value is -0.886. The normalized spacial score (nSPS) is 12.4. The molecule has 90 valence electrons.